The molecule has 0 radical (unpaired) electrons. The van der Waals surface area contributed by atoms with Gasteiger partial charge in [0.25, 0.3) is 0 Å². The van der Waals surface area contributed by atoms with Crippen molar-refractivity contribution in [3.05, 3.63) is 117 Å². The van der Waals surface area contributed by atoms with Crippen LogP contribution in [-0.4, -0.2) is 68.4 Å². The number of pyridine rings is 1. The van der Waals surface area contributed by atoms with Crippen LogP contribution in [-0.2, 0) is 30.2 Å². The fourth-order valence-corrected chi connectivity index (χ4v) is 7.63. The Kier molecular flexibility index (Phi) is 13.1. The molecular weight excluding hydrogens is 783 g/mol. The third-order valence-electron chi connectivity index (χ3n) is 10.3. The first-order chi connectivity index (χ1) is 27.6. The summed E-state index contributed by atoms with van der Waals surface area (Å²) in [6, 6.07) is 19.0. The molecule has 15 heteroatoms. The smallest absolute Gasteiger partial charge is 0.387 e. The molecule has 2 N–H and O–H groups in total. The first-order valence-corrected chi connectivity index (χ1v) is 19.6. The second-order valence-corrected chi connectivity index (χ2v) is 15.2. The lowest BCUT2D eigenvalue weighted by atomic mass is 9.86. The van der Waals surface area contributed by atoms with Gasteiger partial charge < -0.3 is 29.0 Å². The number of carbonyl (C=O) groups is 3. The minimum Gasteiger partial charge on any atom is -0.489 e. The third-order valence-corrected chi connectivity index (χ3v) is 11.0. The van der Waals surface area contributed by atoms with Crippen molar-refractivity contribution in [1.82, 2.24) is 4.90 Å². The molecule has 3 saturated heterocycles. The van der Waals surface area contributed by atoms with Crippen molar-refractivity contribution in [2.45, 2.75) is 57.0 Å². The molecule has 4 heterocycles. The van der Waals surface area contributed by atoms with E-state index < -0.39 is 43.3 Å². The molecule has 11 nitrogen and oxygen atoms in total. The van der Waals surface area contributed by atoms with E-state index in [2.05, 4.69) is 19.9 Å². The summed E-state index contributed by atoms with van der Waals surface area (Å²) >= 11 is 12.9. The van der Waals surface area contributed by atoms with Crippen LogP contribution in [0.15, 0.2) is 85.2 Å². The predicted molar refractivity (Wildman–Crippen MR) is 205 cm³/mol. The number of ether oxygens (including phenoxy) is 5. The van der Waals surface area contributed by atoms with E-state index in [-0.39, 0.29) is 39.6 Å². The fraction of sp³-hybridized carbons (Fsp3) is 0.381. The van der Waals surface area contributed by atoms with Gasteiger partial charge in [-0.15, -0.1) is 0 Å². The topological polar surface area (TPSA) is 127 Å². The zero-order valence-electron chi connectivity index (χ0n) is 30.8. The number of anilines is 1. The van der Waals surface area contributed by atoms with E-state index >= 15 is 0 Å². The van der Waals surface area contributed by atoms with Crippen molar-refractivity contribution in [1.29, 1.82) is 0 Å². The van der Waals surface area contributed by atoms with Crippen molar-refractivity contribution in [3.8, 4) is 11.5 Å². The summed E-state index contributed by atoms with van der Waals surface area (Å²) in [5.74, 6) is -1.60. The minimum atomic E-state index is -3.08. The molecule has 57 heavy (non-hydrogen) atoms. The molecular formula is C42H42Cl2F2N3O8+. The monoisotopic (exact) mass is 824 g/mol. The number of fused-ring (bicyclic) bond motifs is 3. The number of aromatic amines is 1. The van der Waals surface area contributed by atoms with Gasteiger partial charge in [-0.3, -0.25) is 4.90 Å². The van der Waals surface area contributed by atoms with Gasteiger partial charge in [-0.25, -0.2) is 19.4 Å². The molecule has 4 fully saturated rings. The van der Waals surface area contributed by atoms with Gasteiger partial charge in [0.2, 0.25) is 0 Å². The molecule has 1 aliphatic carbocycles. The van der Waals surface area contributed by atoms with Crippen molar-refractivity contribution in [2.24, 2.45) is 11.8 Å². The van der Waals surface area contributed by atoms with Crippen LogP contribution in [0.2, 0.25) is 10.0 Å². The van der Waals surface area contributed by atoms with Crippen LogP contribution in [0.5, 0.6) is 11.5 Å². The Hall–Kier alpha value is -4.98. The SMILES string of the molecule is O=C(COC(=O)c1cccc(NC(C(=O)O[C@H]2CN3CCC2CC3)c2ccccc2)c1)O[C@@H](Cc1c(Cl)c[nH+]cc1Cl)c1ccc(OC(F)F)c(OCC2CC2)c1. The number of nitrogens with one attached hydrogen (secondary N) is 2. The van der Waals surface area contributed by atoms with Gasteiger partial charge in [-0.2, -0.15) is 8.78 Å². The molecule has 4 aromatic rings. The van der Waals surface area contributed by atoms with E-state index in [1.54, 1.807) is 12.1 Å². The van der Waals surface area contributed by atoms with Crippen LogP contribution in [0.3, 0.4) is 0 Å². The van der Waals surface area contributed by atoms with E-state index in [0.29, 0.717) is 47.4 Å². The maximum absolute atomic E-state index is 13.7. The molecule has 1 unspecified atom stereocenters. The van der Waals surface area contributed by atoms with Gasteiger partial charge in [0, 0.05) is 24.2 Å². The number of esters is 3. The number of benzene rings is 3. The van der Waals surface area contributed by atoms with Crippen LogP contribution in [0.1, 0.15) is 64.9 Å². The first-order valence-electron chi connectivity index (χ1n) is 18.9. The van der Waals surface area contributed by atoms with E-state index in [4.69, 9.17) is 42.1 Å². The number of aromatic nitrogens is 1. The predicted octanol–water partition coefficient (Wildman–Crippen LogP) is 7.67. The highest BCUT2D eigenvalue weighted by Gasteiger charge is 2.38. The first kappa shape index (κ1) is 40.2. The van der Waals surface area contributed by atoms with Crippen molar-refractivity contribution in [2.75, 3.05) is 38.2 Å². The number of piperidine rings is 3. The number of halogens is 4. The van der Waals surface area contributed by atoms with Gasteiger partial charge >= 0.3 is 24.5 Å². The summed E-state index contributed by atoms with van der Waals surface area (Å²) in [4.78, 5) is 45.4. The normalized spacial score (nSPS) is 19.6. The van der Waals surface area contributed by atoms with Crippen molar-refractivity contribution < 1.29 is 51.8 Å². The summed E-state index contributed by atoms with van der Waals surface area (Å²) in [5.41, 5.74) is 2.10. The lowest BCUT2D eigenvalue weighted by Gasteiger charge is -2.44. The fourth-order valence-electron chi connectivity index (χ4n) is 7.10. The van der Waals surface area contributed by atoms with Crippen LogP contribution in [0, 0.1) is 11.8 Å². The maximum atomic E-state index is 13.7. The summed E-state index contributed by atoms with van der Waals surface area (Å²) in [6.45, 7) is -0.784. The average Bonchev–Trinajstić information content (AvgIpc) is 4.05. The summed E-state index contributed by atoms with van der Waals surface area (Å²) < 4.78 is 54.3. The zero-order valence-corrected chi connectivity index (χ0v) is 32.4. The third kappa shape index (κ3) is 10.7. The Bertz CT molecular complexity index is 2030. The number of hydrogen-bond donors (Lipinski definition) is 1. The molecule has 3 atom stereocenters. The number of rotatable bonds is 17. The minimum absolute atomic E-state index is 0.0124. The molecule has 1 aromatic heterocycles. The molecule has 8 rings (SSSR count). The molecule has 300 valence electrons. The number of H-pyrrole nitrogens is 1. The highest BCUT2D eigenvalue weighted by molar-refractivity contribution is 6.35. The van der Waals surface area contributed by atoms with Crippen LogP contribution in [0.25, 0.3) is 0 Å². The molecule has 1 saturated carbocycles. The number of hydrogen-bond acceptors (Lipinski definition) is 10. The lowest BCUT2D eigenvalue weighted by Crippen LogP contribution is -2.52. The van der Waals surface area contributed by atoms with Crippen LogP contribution in [0.4, 0.5) is 14.5 Å². The van der Waals surface area contributed by atoms with Gasteiger partial charge in [0.1, 0.15) is 22.3 Å². The van der Waals surface area contributed by atoms with E-state index in [1.165, 1.54) is 42.7 Å². The van der Waals surface area contributed by atoms with Crippen molar-refractivity contribution >= 4 is 46.8 Å². The Labute approximate surface area is 338 Å². The summed E-state index contributed by atoms with van der Waals surface area (Å²) in [7, 11) is 0. The standard InChI is InChI=1S/C42H41Cl2F2N3O8/c43-32-20-47-21-33(44)31(32)19-35(28-11-12-34(57-42(45)46)36(18-28)53-23-25-9-10-25)55-38(50)24-54-40(51)29-7-4-8-30(17-29)48-39(27-5-2-1-3-6-27)41(52)56-37-22-49-15-13-26(37)14-16-49/h1-8,11-12,17-18,20-21,25-26,35,37,39,42,48H,9-10,13-16,19,22-24H2/p+1/t35-,37-,39?/m0/s1. The second kappa shape index (κ2) is 18.5. The average molecular weight is 826 g/mol. The maximum Gasteiger partial charge on any atom is 0.387 e. The van der Waals surface area contributed by atoms with Gasteiger partial charge in [0.05, 0.1) is 12.2 Å². The van der Waals surface area contributed by atoms with Gasteiger partial charge in [0.15, 0.2) is 36.5 Å². The Morgan fingerprint density at radius 1 is 0.877 bits per heavy atom. The number of carbonyl (C=O) groups excluding carboxylic acids is 3. The molecule has 2 bridgehead atoms. The number of nitrogens with zero attached hydrogens (tertiary/aromatic N) is 1. The summed E-state index contributed by atoms with van der Waals surface area (Å²) in [6.07, 6.45) is 5.70. The molecule has 0 amide bonds. The van der Waals surface area contributed by atoms with Gasteiger partial charge in [-0.05, 0) is 92.1 Å². The quantitative estimate of drug-likeness (QED) is 0.0838. The Balaban J connectivity index is 1.03. The highest BCUT2D eigenvalue weighted by atomic mass is 35.5. The van der Waals surface area contributed by atoms with Crippen LogP contribution >= 0.6 is 23.2 Å². The lowest BCUT2D eigenvalue weighted by molar-refractivity contribution is -0.377. The van der Waals surface area contributed by atoms with Crippen molar-refractivity contribution in [3.63, 3.8) is 0 Å². The molecule has 0 spiro atoms. The van der Waals surface area contributed by atoms with E-state index in [9.17, 15) is 23.2 Å². The Morgan fingerprint density at radius 3 is 2.32 bits per heavy atom. The largest absolute Gasteiger partial charge is 0.489 e. The van der Waals surface area contributed by atoms with Crippen LogP contribution < -0.4 is 19.8 Å². The molecule has 3 aliphatic heterocycles. The highest BCUT2D eigenvalue weighted by Crippen LogP contribution is 2.38. The second-order valence-electron chi connectivity index (χ2n) is 14.4. The van der Waals surface area contributed by atoms with E-state index in [0.717, 1.165) is 38.8 Å². The summed E-state index contributed by atoms with van der Waals surface area (Å²) in [5, 5.41) is 3.77. The zero-order chi connectivity index (χ0) is 39.9. The Morgan fingerprint density at radius 2 is 1.63 bits per heavy atom. The van der Waals surface area contributed by atoms with Gasteiger partial charge in [-0.1, -0.05) is 65.7 Å². The number of alkyl halides is 2. The molecule has 3 aromatic carbocycles. The molecule has 4 aliphatic rings. The van der Waals surface area contributed by atoms with E-state index in [1.807, 2.05) is 30.3 Å².